The van der Waals surface area contributed by atoms with Crippen molar-refractivity contribution in [2.24, 2.45) is 0 Å². The zero-order valence-electron chi connectivity index (χ0n) is 13.7. The zero-order valence-corrected chi connectivity index (χ0v) is 13.7. The average molecular weight is 324 g/mol. The van der Waals surface area contributed by atoms with Gasteiger partial charge in [0.25, 0.3) is 0 Å². The molecular weight excluding hydrogens is 299 g/mol. The van der Waals surface area contributed by atoms with E-state index in [-0.39, 0.29) is 13.0 Å². The monoisotopic (exact) mass is 324 g/mol. The second-order valence-corrected chi connectivity index (χ2v) is 6.28. The maximum absolute atomic E-state index is 14.3. The molecule has 0 bridgehead atoms. The minimum absolute atomic E-state index is 0.0147. The predicted molar refractivity (Wildman–Crippen MR) is 85.7 cm³/mol. The number of likely N-dealkylation sites (tertiary alicyclic amines) is 1. The number of halogens is 1. The molecule has 0 aromatic heterocycles. The minimum atomic E-state index is -1.94. The number of nitrogens with zero attached hydrogens (tertiary/aromatic N) is 2. The molecule has 1 aromatic carbocycles. The first-order valence-electron chi connectivity index (χ1n) is 7.83. The molecule has 1 heterocycles. The lowest BCUT2D eigenvalue weighted by molar-refractivity contribution is -0.153. The van der Waals surface area contributed by atoms with Gasteiger partial charge in [-0.2, -0.15) is 0 Å². The Kier molecular flexibility index (Phi) is 6.10. The standard InChI is InChI=1S/C17H25FN2O3/c1-19(10-14-6-4-3-5-7-14)11-15(21)12-20-9-8-17(18,13-20)16(22)23-2/h3-7,15,21H,8-13H2,1-2H3. The Morgan fingerprint density at radius 1 is 1.48 bits per heavy atom. The summed E-state index contributed by atoms with van der Waals surface area (Å²) in [5, 5.41) is 10.2. The summed E-state index contributed by atoms with van der Waals surface area (Å²) in [7, 11) is 3.13. The van der Waals surface area contributed by atoms with E-state index in [0.29, 0.717) is 19.6 Å². The molecule has 0 saturated carbocycles. The van der Waals surface area contributed by atoms with E-state index in [1.165, 1.54) is 12.7 Å². The Morgan fingerprint density at radius 3 is 2.83 bits per heavy atom. The van der Waals surface area contributed by atoms with Crippen LogP contribution in [0.1, 0.15) is 12.0 Å². The fourth-order valence-electron chi connectivity index (χ4n) is 3.03. The van der Waals surface area contributed by atoms with Crippen LogP contribution >= 0.6 is 0 Å². The van der Waals surface area contributed by atoms with E-state index in [2.05, 4.69) is 4.74 Å². The third-order valence-electron chi connectivity index (χ3n) is 4.14. The quantitative estimate of drug-likeness (QED) is 0.760. The average Bonchev–Trinajstić information content (AvgIpc) is 2.89. The molecule has 2 rings (SSSR count). The van der Waals surface area contributed by atoms with Gasteiger partial charge in [0.15, 0.2) is 0 Å². The number of methoxy groups -OCH3 is 1. The number of ether oxygens (including phenoxy) is 1. The molecule has 0 aliphatic carbocycles. The van der Waals surface area contributed by atoms with Crippen LogP contribution in [0.2, 0.25) is 0 Å². The number of hydrogen-bond acceptors (Lipinski definition) is 5. The van der Waals surface area contributed by atoms with Crippen molar-refractivity contribution in [2.45, 2.75) is 24.7 Å². The van der Waals surface area contributed by atoms with Crippen LogP contribution < -0.4 is 0 Å². The summed E-state index contributed by atoms with van der Waals surface area (Å²) < 4.78 is 18.9. The van der Waals surface area contributed by atoms with Crippen molar-refractivity contribution in [3.05, 3.63) is 35.9 Å². The lowest BCUT2D eigenvalue weighted by Gasteiger charge is -2.25. The van der Waals surface area contributed by atoms with Crippen LogP contribution in [0, 0.1) is 0 Å². The molecule has 5 nitrogen and oxygen atoms in total. The number of hydrogen-bond donors (Lipinski definition) is 1. The molecule has 128 valence electrons. The van der Waals surface area contributed by atoms with Gasteiger partial charge in [0.1, 0.15) is 0 Å². The molecule has 1 saturated heterocycles. The summed E-state index contributed by atoms with van der Waals surface area (Å²) in [5.41, 5.74) is -0.762. The first-order chi connectivity index (χ1) is 10.9. The van der Waals surface area contributed by atoms with Crippen LogP contribution in [0.3, 0.4) is 0 Å². The second kappa shape index (κ2) is 7.86. The molecule has 1 aliphatic heterocycles. The fraction of sp³-hybridized carbons (Fsp3) is 0.588. The van der Waals surface area contributed by atoms with Crippen molar-refractivity contribution in [1.82, 2.24) is 9.80 Å². The van der Waals surface area contributed by atoms with Crippen LogP contribution in [-0.4, -0.2) is 73.0 Å². The highest BCUT2D eigenvalue weighted by atomic mass is 19.1. The molecule has 1 fully saturated rings. The lowest BCUT2D eigenvalue weighted by atomic mass is 10.1. The minimum Gasteiger partial charge on any atom is -0.467 e. The molecule has 0 amide bonds. The number of esters is 1. The Morgan fingerprint density at radius 2 is 2.17 bits per heavy atom. The smallest absolute Gasteiger partial charge is 0.345 e. The van der Waals surface area contributed by atoms with Crippen molar-refractivity contribution in [3.8, 4) is 0 Å². The molecule has 23 heavy (non-hydrogen) atoms. The lowest BCUT2D eigenvalue weighted by Crippen LogP contribution is -2.42. The van der Waals surface area contributed by atoms with Gasteiger partial charge in [-0.15, -0.1) is 0 Å². The summed E-state index contributed by atoms with van der Waals surface area (Å²) >= 11 is 0. The van der Waals surface area contributed by atoms with Crippen LogP contribution in [0.5, 0.6) is 0 Å². The topological polar surface area (TPSA) is 53.0 Å². The van der Waals surface area contributed by atoms with Gasteiger partial charge in [0, 0.05) is 39.1 Å². The predicted octanol–water partition coefficient (Wildman–Crippen LogP) is 1.07. The number of β-amino-alcohol motifs (C(OH)–C–C–N with tert-alkyl or cyclic N) is 1. The van der Waals surface area contributed by atoms with Crippen LogP contribution in [0.15, 0.2) is 30.3 Å². The molecule has 0 radical (unpaired) electrons. The summed E-state index contributed by atoms with van der Waals surface area (Å²) in [4.78, 5) is 15.3. The zero-order chi connectivity index (χ0) is 16.9. The number of rotatable bonds is 7. The number of carbonyl (C=O) groups is 1. The highest BCUT2D eigenvalue weighted by Gasteiger charge is 2.46. The summed E-state index contributed by atoms with van der Waals surface area (Å²) in [6.07, 6.45) is -0.476. The van der Waals surface area contributed by atoms with Gasteiger partial charge in [-0.05, 0) is 12.6 Å². The SMILES string of the molecule is COC(=O)C1(F)CCN(CC(O)CN(C)Cc2ccccc2)C1. The van der Waals surface area contributed by atoms with E-state index >= 15 is 0 Å². The van der Waals surface area contributed by atoms with Gasteiger partial charge in [-0.1, -0.05) is 30.3 Å². The van der Waals surface area contributed by atoms with E-state index in [1.54, 1.807) is 4.90 Å². The first-order valence-corrected chi connectivity index (χ1v) is 7.83. The summed E-state index contributed by atoms with van der Waals surface area (Å²) in [6.45, 7) is 2.02. The maximum atomic E-state index is 14.3. The van der Waals surface area contributed by atoms with Gasteiger partial charge >= 0.3 is 5.97 Å². The number of alkyl halides is 1. The van der Waals surface area contributed by atoms with Crippen molar-refractivity contribution < 1.29 is 19.0 Å². The van der Waals surface area contributed by atoms with E-state index in [0.717, 1.165) is 6.54 Å². The van der Waals surface area contributed by atoms with Gasteiger partial charge < -0.3 is 9.84 Å². The molecule has 6 heteroatoms. The van der Waals surface area contributed by atoms with Gasteiger partial charge in [0.05, 0.1) is 13.2 Å². The number of carbonyl (C=O) groups excluding carboxylic acids is 1. The van der Waals surface area contributed by atoms with Gasteiger partial charge in [-0.3, -0.25) is 9.80 Å². The summed E-state index contributed by atoms with van der Waals surface area (Å²) in [5.74, 6) is -0.823. The molecule has 2 unspecified atom stereocenters. The van der Waals surface area contributed by atoms with E-state index in [4.69, 9.17) is 0 Å². The number of aliphatic hydroxyl groups excluding tert-OH is 1. The number of aliphatic hydroxyl groups is 1. The number of likely N-dealkylation sites (N-methyl/N-ethyl adjacent to an activating group) is 1. The molecular formula is C17H25FN2O3. The van der Waals surface area contributed by atoms with Crippen molar-refractivity contribution in [2.75, 3.05) is 40.3 Å². The molecule has 0 spiro atoms. The summed E-state index contributed by atoms with van der Waals surface area (Å²) in [6, 6.07) is 10.0. The highest BCUT2D eigenvalue weighted by Crippen LogP contribution is 2.27. The Labute approximate surface area is 136 Å². The third kappa shape index (κ3) is 4.99. The van der Waals surface area contributed by atoms with Gasteiger partial charge in [-0.25, -0.2) is 9.18 Å². The first kappa shape index (κ1) is 17.8. The molecule has 1 aromatic rings. The molecule has 1 aliphatic rings. The molecule has 2 atom stereocenters. The molecule has 1 N–H and O–H groups in total. The van der Waals surface area contributed by atoms with Crippen LogP contribution in [0.4, 0.5) is 4.39 Å². The number of benzene rings is 1. The van der Waals surface area contributed by atoms with Crippen molar-refractivity contribution in [1.29, 1.82) is 0 Å². The maximum Gasteiger partial charge on any atom is 0.345 e. The largest absolute Gasteiger partial charge is 0.467 e. The van der Waals surface area contributed by atoms with E-state index in [1.807, 2.05) is 42.3 Å². The Hall–Kier alpha value is -1.50. The van der Waals surface area contributed by atoms with Crippen molar-refractivity contribution in [3.63, 3.8) is 0 Å². The van der Waals surface area contributed by atoms with E-state index < -0.39 is 17.7 Å². The third-order valence-corrected chi connectivity index (χ3v) is 4.14. The van der Waals surface area contributed by atoms with Crippen LogP contribution in [0.25, 0.3) is 0 Å². The Balaban J connectivity index is 1.77. The fourth-order valence-corrected chi connectivity index (χ4v) is 3.03. The Bertz CT molecular complexity index is 514. The highest BCUT2D eigenvalue weighted by molar-refractivity contribution is 5.80. The second-order valence-electron chi connectivity index (χ2n) is 6.28. The normalized spacial score (nSPS) is 23.2. The van der Waals surface area contributed by atoms with Gasteiger partial charge in [0.2, 0.25) is 5.67 Å². The van der Waals surface area contributed by atoms with Crippen molar-refractivity contribution >= 4 is 5.97 Å². The van der Waals surface area contributed by atoms with Crippen LogP contribution in [-0.2, 0) is 16.1 Å². The van der Waals surface area contributed by atoms with E-state index in [9.17, 15) is 14.3 Å².